The molecule has 1 rings (SSSR count). The first-order valence-corrected chi connectivity index (χ1v) is 3.71. The Morgan fingerprint density at radius 3 is 2.91 bits per heavy atom. The van der Waals surface area contributed by atoms with Gasteiger partial charge < -0.3 is 16.4 Å². The van der Waals surface area contributed by atoms with E-state index >= 15 is 0 Å². The minimum atomic E-state index is -0.475. The first-order chi connectivity index (χ1) is 5.18. The fourth-order valence-electron chi connectivity index (χ4n) is 1.16. The average Bonchev–Trinajstić information content (AvgIpc) is 1.85. The summed E-state index contributed by atoms with van der Waals surface area (Å²) in [5.41, 5.74) is 4.96. The number of carbonyl (C=O) groups excluding carboxylic acids is 1. The van der Waals surface area contributed by atoms with E-state index < -0.39 is 6.03 Å². The SMILES string of the molecule is CC1CC(NC(N)=O)NCN1. The van der Waals surface area contributed by atoms with Gasteiger partial charge in [-0.15, -0.1) is 0 Å². The smallest absolute Gasteiger partial charge is 0.313 e. The molecule has 2 unspecified atom stereocenters. The minimum absolute atomic E-state index is 0.0174. The van der Waals surface area contributed by atoms with Gasteiger partial charge in [0.15, 0.2) is 0 Å². The van der Waals surface area contributed by atoms with Gasteiger partial charge in [0.05, 0.1) is 6.17 Å². The molecular weight excluding hydrogens is 144 g/mol. The predicted octanol–water partition coefficient (Wildman–Crippen LogP) is -1.09. The molecule has 1 aliphatic rings. The summed E-state index contributed by atoms with van der Waals surface area (Å²) in [5.74, 6) is 0. The Labute approximate surface area is 65.7 Å². The molecule has 64 valence electrons. The van der Waals surface area contributed by atoms with Crippen LogP contribution in [0, 0.1) is 0 Å². The third-order valence-corrected chi connectivity index (χ3v) is 1.70. The molecule has 0 aromatic rings. The second kappa shape index (κ2) is 3.54. The summed E-state index contributed by atoms with van der Waals surface area (Å²) in [4.78, 5) is 10.4. The molecule has 0 bridgehead atoms. The minimum Gasteiger partial charge on any atom is -0.352 e. The van der Waals surface area contributed by atoms with Crippen molar-refractivity contribution in [2.75, 3.05) is 6.67 Å². The van der Waals surface area contributed by atoms with Gasteiger partial charge >= 0.3 is 6.03 Å². The van der Waals surface area contributed by atoms with Crippen LogP contribution in [-0.4, -0.2) is 24.9 Å². The highest BCUT2D eigenvalue weighted by molar-refractivity contribution is 5.71. The van der Waals surface area contributed by atoms with Crippen molar-refractivity contribution in [3.05, 3.63) is 0 Å². The number of rotatable bonds is 1. The van der Waals surface area contributed by atoms with E-state index in [0.717, 1.165) is 6.42 Å². The molecule has 2 atom stereocenters. The largest absolute Gasteiger partial charge is 0.352 e. The van der Waals surface area contributed by atoms with E-state index in [4.69, 9.17) is 5.73 Å². The van der Waals surface area contributed by atoms with Gasteiger partial charge in [-0.1, -0.05) is 0 Å². The highest BCUT2D eigenvalue weighted by Gasteiger charge is 2.17. The standard InChI is InChI=1S/C6H14N4O/c1-4-2-5(9-3-8-4)10-6(7)11/h4-5,8-9H,2-3H2,1H3,(H3,7,10,11). The third kappa shape index (κ3) is 2.73. The van der Waals surface area contributed by atoms with E-state index in [2.05, 4.69) is 22.9 Å². The molecule has 0 aromatic carbocycles. The maximum Gasteiger partial charge on any atom is 0.313 e. The zero-order chi connectivity index (χ0) is 8.27. The zero-order valence-corrected chi connectivity index (χ0v) is 6.55. The van der Waals surface area contributed by atoms with Crippen molar-refractivity contribution in [1.82, 2.24) is 16.0 Å². The number of urea groups is 1. The molecule has 0 spiro atoms. The van der Waals surface area contributed by atoms with Gasteiger partial charge in [0.25, 0.3) is 0 Å². The van der Waals surface area contributed by atoms with E-state index in [1.165, 1.54) is 0 Å². The molecule has 11 heavy (non-hydrogen) atoms. The molecule has 1 saturated heterocycles. The van der Waals surface area contributed by atoms with E-state index in [9.17, 15) is 4.79 Å². The van der Waals surface area contributed by atoms with E-state index in [1.807, 2.05) is 0 Å². The number of hydrogen-bond donors (Lipinski definition) is 4. The lowest BCUT2D eigenvalue weighted by Crippen LogP contribution is -2.57. The highest BCUT2D eigenvalue weighted by Crippen LogP contribution is 1.98. The van der Waals surface area contributed by atoms with Crippen LogP contribution in [-0.2, 0) is 0 Å². The molecule has 5 nitrogen and oxygen atoms in total. The van der Waals surface area contributed by atoms with Gasteiger partial charge in [-0.25, -0.2) is 4.79 Å². The van der Waals surface area contributed by atoms with Crippen LogP contribution >= 0.6 is 0 Å². The number of amides is 2. The van der Waals surface area contributed by atoms with Crippen molar-refractivity contribution < 1.29 is 4.79 Å². The topological polar surface area (TPSA) is 79.2 Å². The fourth-order valence-corrected chi connectivity index (χ4v) is 1.16. The lowest BCUT2D eigenvalue weighted by atomic mass is 10.1. The van der Waals surface area contributed by atoms with Crippen LogP contribution in [0.5, 0.6) is 0 Å². The lowest BCUT2D eigenvalue weighted by Gasteiger charge is -2.29. The molecule has 0 aliphatic carbocycles. The van der Waals surface area contributed by atoms with Crippen molar-refractivity contribution in [3.8, 4) is 0 Å². The quantitative estimate of drug-likeness (QED) is 0.391. The molecule has 5 N–H and O–H groups in total. The summed E-state index contributed by atoms with van der Waals surface area (Å²) in [7, 11) is 0. The third-order valence-electron chi connectivity index (χ3n) is 1.70. The van der Waals surface area contributed by atoms with Crippen molar-refractivity contribution in [1.29, 1.82) is 0 Å². The molecule has 5 heteroatoms. The van der Waals surface area contributed by atoms with Crippen LogP contribution in [0.4, 0.5) is 4.79 Å². The van der Waals surface area contributed by atoms with Gasteiger partial charge in [0.1, 0.15) is 0 Å². The zero-order valence-electron chi connectivity index (χ0n) is 6.55. The van der Waals surface area contributed by atoms with E-state index in [0.29, 0.717) is 12.7 Å². The van der Waals surface area contributed by atoms with Gasteiger partial charge in [0.2, 0.25) is 0 Å². The summed E-state index contributed by atoms with van der Waals surface area (Å²) in [6, 6.07) is -0.0512. The molecule has 0 saturated carbocycles. The molecular formula is C6H14N4O. The fraction of sp³-hybridized carbons (Fsp3) is 0.833. The Hall–Kier alpha value is -0.810. The Kier molecular flexibility index (Phi) is 2.67. The Balaban J connectivity index is 2.28. The van der Waals surface area contributed by atoms with Gasteiger partial charge in [-0.3, -0.25) is 5.32 Å². The van der Waals surface area contributed by atoms with Gasteiger partial charge in [-0.05, 0) is 13.3 Å². The molecule has 1 aliphatic heterocycles. The molecule has 0 aromatic heterocycles. The normalized spacial score (nSPS) is 31.4. The lowest BCUT2D eigenvalue weighted by molar-refractivity contribution is 0.232. The number of carbonyl (C=O) groups is 1. The summed E-state index contributed by atoms with van der Waals surface area (Å²) < 4.78 is 0. The summed E-state index contributed by atoms with van der Waals surface area (Å²) in [5, 5.41) is 8.84. The predicted molar refractivity (Wildman–Crippen MR) is 41.7 cm³/mol. The van der Waals surface area contributed by atoms with Crippen molar-refractivity contribution >= 4 is 6.03 Å². The molecule has 2 amide bonds. The number of nitrogens with one attached hydrogen (secondary N) is 3. The van der Waals surface area contributed by atoms with Crippen LogP contribution in [0.15, 0.2) is 0 Å². The summed E-state index contributed by atoms with van der Waals surface area (Å²) >= 11 is 0. The van der Waals surface area contributed by atoms with Crippen LogP contribution < -0.4 is 21.7 Å². The second-order valence-electron chi connectivity index (χ2n) is 2.78. The van der Waals surface area contributed by atoms with Crippen LogP contribution in [0.3, 0.4) is 0 Å². The Bertz CT molecular complexity index is 150. The number of nitrogens with two attached hydrogens (primary N) is 1. The molecule has 0 radical (unpaired) electrons. The van der Waals surface area contributed by atoms with Crippen LogP contribution in [0.1, 0.15) is 13.3 Å². The first-order valence-electron chi connectivity index (χ1n) is 3.71. The van der Waals surface area contributed by atoms with E-state index in [-0.39, 0.29) is 6.17 Å². The monoisotopic (exact) mass is 158 g/mol. The van der Waals surface area contributed by atoms with E-state index in [1.54, 1.807) is 0 Å². The van der Waals surface area contributed by atoms with Crippen LogP contribution in [0.2, 0.25) is 0 Å². The average molecular weight is 158 g/mol. The van der Waals surface area contributed by atoms with Crippen molar-refractivity contribution in [3.63, 3.8) is 0 Å². The Morgan fingerprint density at radius 1 is 1.64 bits per heavy atom. The summed E-state index contributed by atoms with van der Waals surface area (Å²) in [6.07, 6.45) is 0.881. The van der Waals surface area contributed by atoms with Crippen LogP contribution in [0.25, 0.3) is 0 Å². The maximum absolute atomic E-state index is 10.4. The van der Waals surface area contributed by atoms with Gasteiger partial charge in [-0.2, -0.15) is 0 Å². The Morgan fingerprint density at radius 2 is 2.36 bits per heavy atom. The molecule has 1 heterocycles. The van der Waals surface area contributed by atoms with Crippen molar-refractivity contribution in [2.24, 2.45) is 5.73 Å². The highest BCUT2D eigenvalue weighted by atomic mass is 16.2. The first kappa shape index (κ1) is 8.29. The van der Waals surface area contributed by atoms with Crippen molar-refractivity contribution in [2.45, 2.75) is 25.6 Å². The molecule has 1 fully saturated rings. The number of hydrogen-bond acceptors (Lipinski definition) is 3. The van der Waals surface area contributed by atoms with Gasteiger partial charge in [0, 0.05) is 12.7 Å². The maximum atomic E-state index is 10.4. The number of primary amides is 1. The summed E-state index contributed by atoms with van der Waals surface area (Å²) in [6.45, 7) is 2.78. The second-order valence-corrected chi connectivity index (χ2v) is 2.78.